The molecule has 6 rings (SSSR count). The molecular formula is C40H51N5O8. The van der Waals surface area contributed by atoms with Crippen LogP contribution < -0.4 is 25.4 Å². The van der Waals surface area contributed by atoms with Gasteiger partial charge in [0.2, 0.25) is 23.5 Å². The summed E-state index contributed by atoms with van der Waals surface area (Å²) < 4.78 is 11.2. The van der Waals surface area contributed by atoms with Gasteiger partial charge >= 0.3 is 0 Å². The number of ether oxygens (including phenoxy) is 2. The second-order valence-electron chi connectivity index (χ2n) is 16.0. The molecule has 0 aromatic heterocycles. The van der Waals surface area contributed by atoms with Gasteiger partial charge in [0, 0.05) is 37.4 Å². The Hall–Kier alpha value is -4.94. The first-order chi connectivity index (χ1) is 25.2. The minimum atomic E-state index is -1.08. The molecule has 2 aromatic carbocycles. The summed E-state index contributed by atoms with van der Waals surface area (Å²) in [4.78, 5) is 76.0. The standard InChI is InChI=1S/C40H51N5O8/c1-22-15-27(32(52-7)18-31(22)51-6)29-19-40(53-44-29)20-30(36(48)42-28(16-23-13-14-23)33(46)37(49)41-5)45(21-40)38(50)34(39(2,3)4)43-35(47)26-17-25(26)24-11-9-8-10-12-24/h8-12,15,18,23,25-26,28,30,34H,13-14,16-17,19-21H2,1-7H3,(H,41,49)(H,42,48)(H,43,47)/t25-,26+,28-,30-,34+,40+/m0/s1. The van der Waals surface area contributed by atoms with Crippen LogP contribution in [0.3, 0.4) is 0 Å². The molecule has 13 nitrogen and oxygen atoms in total. The van der Waals surface area contributed by atoms with Gasteiger partial charge in [0.15, 0.2) is 5.60 Å². The van der Waals surface area contributed by atoms with E-state index in [1.165, 1.54) is 11.9 Å². The van der Waals surface area contributed by atoms with Gasteiger partial charge in [0.1, 0.15) is 23.6 Å². The zero-order valence-electron chi connectivity index (χ0n) is 31.6. The summed E-state index contributed by atoms with van der Waals surface area (Å²) in [6.45, 7) is 7.53. The number of Topliss-reactive ketones (excluding diaryl/α,β-unsaturated/α-hetero) is 1. The molecule has 0 bridgehead atoms. The lowest BCUT2D eigenvalue weighted by Crippen LogP contribution is -2.59. The van der Waals surface area contributed by atoms with Gasteiger partial charge in [-0.1, -0.05) is 69.1 Å². The van der Waals surface area contributed by atoms with Crippen molar-refractivity contribution in [3.05, 3.63) is 59.2 Å². The maximum Gasteiger partial charge on any atom is 0.289 e. The van der Waals surface area contributed by atoms with Crippen LogP contribution in [-0.4, -0.2) is 91.6 Å². The summed E-state index contributed by atoms with van der Waals surface area (Å²) in [5.41, 5.74) is 1.42. The van der Waals surface area contributed by atoms with E-state index in [9.17, 15) is 24.0 Å². The topological polar surface area (TPSA) is 165 Å². The van der Waals surface area contributed by atoms with Crippen molar-refractivity contribution < 1.29 is 38.3 Å². The number of likely N-dealkylation sites (N-methyl/N-ethyl adjacent to an activating group) is 1. The largest absolute Gasteiger partial charge is 0.496 e. The van der Waals surface area contributed by atoms with Crippen molar-refractivity contribution in [2.75, 3.05) is 27.8 Å². The van der Waals surface area contributed by atoms with E-state index in [0.29, 0.717) is 35.6 Å². The molecule has 284 valence electrons. The van der Waals surface area contributed by atoms with Gasteiger partial charge in [-0.2, -0.15) is 0 Å². The van der Waals surface area contributed by atoms with Crippen molar-refractivity contribution in [3.63, 3.8) is 0 Å². The Bertz CT molecular complexity index is 1800. The van der Waals surface area contributed by atoms with Gasteiger partial charge in [-0.15, -0.1) is 0 Å². The number of carbonyl (C=O) groups excluding carboxylic acids is 5. The molecule has 6 atom stereocenters. The van der Waals surface area contributed by atoms with Crippen LogP contribution in [0.2, 0.25) is 0 Å². The molecule has 13 heteroatoms. The zero-order valence-corrected chi connectivity index (χ0v) is 31.6. The Balaban J connectivity index is 1.28. The Morgan fingerprint density at radius 2 is 1.70 bits per heavy atom. The normalized spacial score (nSPS) is 24.4. The number of aryl methyl sites for hydroxylation is 1. The molecule has 1 saturated heterocycles. The molecule has 2 aliphatic carbocycles. The first-order valence-electron chi connectivity index (χ1n) is 18.4. The predicted molar refractivity (Wildman–Crippen MR) is 196 cm³/mol. The Labute approximate surface area is 310 Å². The van der Waals surface area contributed by atoms with Gasteiger partial charge in [0.25, 0.3) is 5.91 Å². The van der Waals surface area contributed by atoms with Crippen molar-refractivity contribution in [2.24, 2.45) is 22.4 Å². The van der Waals surface area contributed by atoms with E-state index in [2.05, 4.69) is 21.1 Å². The minimum Gasteiger partial charge on any atom is -0.496 e. The number of hydrogen-bond acceptors (Lipinski definition) is 9. The quantitative estimate of drug-likeness (QED) is 0.264. The van der Waals surface area contributed by atoms with Crippen LogP contribution in [0.1, 0.15) is 81.9 Å². The van der Waals surface area contributed by atoms with Crippen LogP contribution in [0.4, 0.5) is 0 Å². The summed E-state index contributed by atoms with van der Waals surface area (Å²) >= 11 is 0. The highest BCUT2D eigenvalue weighted by Gasteiger charge is 2.56. The van der Waals surface area contributed by atoms with Crippen LogP contribution in [0.15, 0.2) is 47.6 Å². The number of hydrogen-bond donors (Lipinski definition) is 3. The van der Waals surface area contributed by atoms with Crippen LogP contribution in [0, 0.1) is 24.2 Å². The number of nitrogens with one attached hydrogen (secondary N) is 3. The van der Waals surface area contributed by atoms with Crippen molar-refractivity contribution in [2.45, 2.75) is 95.9 Å². The summed E-state index contributed by atoms with van der Waals surface area (Å²) in [6, 6.07) is 10.4. The van der Waals surface area contributed by atoms with Gasteiger partial charge in [-0.3, -0.25) is 24.0 Å². The van der Waals surface area contributed by atoms with Crippen molar-refractivity contribution in [3.8, 4) is 11.5 Å². The highest BCUT2D eigenvalue weighted by molar-refractivity contribution is 6.38. The fourth-order valence-electron chi connectivity index (χ4n) is 7.64. The van der Waals surface area contributed by atoms with Crippen molar-refractivity contribution >= 4 is 35.1 Å². The number of benzene rings is 2. The number of amides is 4. The molecule has 53 heavy (non-hydrogen) atoms. The Kier molecular flexibility index (Phi) is 10.6. The lowest BCUT2D eigenvalue weighted by molar-refractivity contribution is -0.145. The Morgan fingerprint density at radius 3 is 2.32 bits per heavy atom. The SMILES string of the molecule is CNC(=O)C(=O)[C@H](CC1CC1)NC(=O)[C@@H]1C[C@]2(CC(c3cc(C)c(OC)cc3OC)=NO2)CN1C(=O)[C@@H](NC(=O)[C@@H]1C[C@H]1c1ccccc1)C(C)(C)C. The summed E-state index contributed by atoms with van der Waals surface area (Å²) in [5.74, 6) is -1.54. The van der Waals surface area contributed by atoms with E-state index in [-0.39, 0.29) is 43.0 Å². The fraction of sp³-hybridized carbons (Fsp3) is 0.550. The summed E-state index contributed by atoms with van der Waals surface area (Å²) in [6.07, 6.45) is 3.16. The third-order valence-corrected chi connectivity index (χ3v) is 11.0. The number of carbonyl (C=O) groups is 5. The number of ketones is 1. The Morgan fingerprint density at radius 1 is 1.00 bits per heavy atom. The smallest absolute Gasteiger partial charge is 0.289 e. The van der Waals surface area contributed by atoms with E-state index in [0.717, 1.165) is 24.0 Å². The molecule has 0 unspecified atom stereocenters. The number of oxime groups is 1. The second-order valence-corrected chi connectivity index (χ2v) is 16.0. The van der Waals surface area contributed by atoms with Crippen molar-refractivity contribution in [1.29, 1.82) is 0 Å². The van der Waals surface area contributed by atoms with Gasteiger partial charge in [0.05, 0.1) is 32.5 Å². The summed E-state index contributed by atoms with van der Waals surface area (Å²) in [7, 11) is 4.51. The van der Waals surface area contributed by atoms with Gasteiger partial charge < -0.3 is 35.2 Å². The monoisotopic (exact) mass is 729 g/mol. The molecular weight excluding hydrogens is 678 g/mol. The van der Waals surface area contributed by atoms with E-state index in [1.807, 2.05) is 64.1 Å². The molecule has 2 saturated carbocycles. The molecule has 4 amide bonds. The van der Waals surface area contributed by atoms with Crippen LogP contribution in [-0.2, 0) is 28.8 Å². The predicted octanol–water partition coefficient (Wildman–Crippen LogP) is 3.41. The highest BCUT2D eigenvalue weighted by Crippen LogP contribution is 2.48. The van der Waals surface area contributed by atoms with Gasteiger partial charge in [-0.25, -0.2) is 0 Å². The third-order valence-electron chi connectivity index (χ3n) is 11.0. The molecule has 0 radical (unpaired) electrons. The maximum absolute atomic E-state index is 14.8. The first kappa shape index (κ1) is 37.8. The third kappa shape index (κ3) is 8.03. The fourth-order valence-corrected chi connectivity index (χ4v) is 7.64. The first-order valence-corrected chi connectivity index (χ1v) is 18.4. The van der Waals surface area contributed by atoms with Crippen LogP contribution >= 0.6 is 0 Å². The molecule has 4 aliphatic rings. The minimum absolute atomic E-state index is 0.00355. The van der Waals surface area contributed by atoms with Crippen LogP contribution in [0.5, 0.6) is 11.5 Å². The molecule has 1 spiro atoms. The van der Waals surface area contributed by atoms with E-state index >= 15 is 0 Å². The number of rotatable bonds is 13. The average molecular weight is 730 g/mol. The second kappa shape index (κ2) is 14.8. The summed E-state index contributed by atoms with van der Waals surface area (Å²) in [5, 5.41) is 12.7. The van der Waals surface area contributed by atoms with E-state index in [4.69, 9.17) is 14.3 Å². The number of nitrogens with zero attached hydrogens (tertiary/aromatic N) is 2. The molecule has 2 heterocycles. The zero-order chi connectivity index (χ0) is 38.2. The molecule has 3 fully saturated rings. The molecule has 2 aromatic rings. The lowest BCUT2D eigenvalue weighted by atomic mass is 9.85. The van der Waals surface area contributed by atoms with E-state index < -0.39 is 52.6 Å². The highest BCUT2D eigenvalue weighted by atomic mass is 16.7. The molecule has 3 N–H and O–H groups in total. The van der Waals surface area contributed by atoms with Crippen LogP contribution in [0.25, 0.3) is 0 Å². The molecule has 2 aliphatic heterocycles. The van der Waals surface area contributed by atoms with Gasteiger partial charge in [-0.05, 0) is 54.2 Å². The van der Waals surface area contributed by atoms with Crippen molar-refractivity contribution in [1.82, 2.24) is 20.9 Å². The average Bonchev–Trinajstić information content (AvgIpc) is 4.07. The maximum atomic E-state index is 14.8. The van der Waals surface area contributed by atoms with E-state index in [1.54, 1.807) is 20.3 Å². The number of methoxy groups -OCH3 is 2. The lowest BCUT2D eigenvalue weighted by Gasteiger charge is -2.35. The number of likely N-dealkylation sites (tertiary alicyclic amines) is 1.